The molecule has 0 radical (unpaired) electrons. The van der Waals surface area contributed by atoms with E-state index < -0.39 is 0 Å². The molecule has 0 aliphatic carbocycles. The average molecular weight is 235 g/mol. The van der Waals surface area contributed by atoms with Gasteiger partial charge >= 0.3 is 6.03 Å². The van der Waals surface area contributed by atoms with Gasteiger partial charge in [-0.15, -0.1) is 0 Å². The standard InChI is InChI=1S/C12H17N3O2/c1-2-17-11-5-3-10(4-6-11)15-8-9(7-13)14-12(15)16/h3-6,9H,2,7-8,13H2,1H3,(H,14,16). The average Bonchev–Trinajstić information content (AvgIpc) is 2.72. The highest BCUT2D eigenvalue weighted by molar-refractivity contribution is 5.94. The molecule has 1 aliphatic rings. The lowest BCUT2D eigenvalue weighted by Gasteiger charge is -2.15. The summed E-state index contributed by atoms with van der Waals surface area (Å²) in [5.41, 5.74) is 6.40. The molecule has 1 heterocycles. The highest BCUT2D eigenvalue weighted by atomic mass is 16.5. The van der Waals surface area contributed by atoms with Gasteiger partial charge in [-0.1, -0.05) is 0 Å². The summed E-state index contributed by atoms with van der Waals surface area (Å²) in [4.78, 5) is 13.4. The number of nitrogens with zero attached hydrogens (tertiary/aromatic N) is 1. The monoisotopic (exact) mass is 235 g/mol. The summed E-state index contributed by atoms with van der Waals surface area (Å²) in [5.74, 6) is 0.811. The van der Waals surface area contributed by atoms with Crippen molar-refractivity contribution in [1.82, 2.24) is 5.32 Å². The first kappa shape index (κ1) is 11.7. The van der Waals surface area contributed by atoms with E-state index in [1.807, 2.05) is 31.2 Å². The number of amides is 2. The van der Waals surface area contributed by atoms with Crippen LogP contribution in [-0.2, 0) is 0 Å². The zero-order chi connectivity index (χ0) is 12.3. The molecular weight excluding hydrogens is 218 g/mol. The van der Waals surface area contributed by atoms with Crippen molar-refractivity contribution in [1.29, 1.82) is 0 Å². The molecule has 92 valence electrons. The maximum Gasteiger partial charge on any atom is 0.322 e. The van der Waals surface area contributed by atoms with Crippen LogP contribution >= 0.6 is 0 Å². The highest BCUT2D eigenvalue weighted by Crippen LogP contribution is 2.21. The molecule has 1 aromatic carbocycles. The minimum Gasteiger partial charge on any atom is -0.494 e. The van der Waals surface area contributed by atoms with Crippen LogP contribution in [0, 0.1) is 0 Å². The summed E-state index contributed by atoms with van der Waals surface area (Å²) in [6.45, 7) is 3.65. The molecule has 0 bridgehead atoms. The Morgan fingerprint density at radius 3 is 2.71 bits per heavy atom. The molecule has 1 unspecified atom stereocenters. The van der Waals surface area contributed by atoms with Gasteiger partial charge in [-0.3, -0.25) is 4.90 Å². The number of hydrogen-bond donors (Lipinski definition) is 2. The molecule has 1 atom stereocenters. The first-order chi connectivity index (χ1) is 8.24. The second kappa shape index (κ2) is 5.05. The van der Waals surface area contributed by atoms with Gasteiger partial charge in [0.1, 0.15) is 5.75 Å². The Labute approximate surface area is 101 Å². The summed E-state index contributed by atoms with van der Waals surface area (Å²) >= 11 is 0. The molecule has 0 spiro atoms. The van der Waals surface area contributed by atoms with E-state index in [1.165, 1.54) is 0 Å². The van der Waals surface area contributed by atoms with Crippen molar-refractivity contribution in [3.8, 4) is 5.75 Å². The highest BCUT2D eigenvalue weighted by Gasteiger charge is 2.28. The Hall–Kier alpha value is -1.75. The Balaban J connectivity index is 2.09. The molecule has 17 heavy (non-hydrogen) atoms. The Bertz CT molecular complexity index is 391. The topological polar surface area (TPSA) is 67.6 Å². The number of carbonyl (C=O) groups excluding carboxylic acids is 1. The van der Waals surface area contributed by atoms with Crippen LogP contribution in [0.4, 0.5) is 10.5 Å². The summed E-state index contributed by atoms with van der Waals surface area (Å²) < 4.78 is 5.35. The zero-order valence-electron chi connectivity index (χ0n) is 9.85. The van der Waals surface area contributed by atoms with Crippen LogP contribution in [0.15, 0.2) is 24.3 Å². The van der Waals surface area contributed by atoms with Crippen LogP contribution in [0.5, 0.6) is 5.75 Å². The quantitative estimate of drug-likeness (QED) is 0.816. The van der Waals surface area contributed by atoms with E-state index in [9.17, 15) is 4.79 Å². The number of urea groups is 1. The van der Waals surface area contributed by atoms with Crippen molar-refractivity contribution < 1.29 is 9.53 Å². The normalized spacial score (nSPS) is 19.3. The molecule has 0 saturated carbocycles. The number of ether oxygens (including phenoxy) is 1. The Morgan fingerprint density at radius 1 is 1.47 bits per heavy atom. The van der Waals surface area contributed by atoms with E-state index in [2.05, 4.69) is 5.32 Å². The van der Waals surface area contributed by atoms with Crippen LogP contribution in [0.2, 0.25) is 0 Å². The first-order valence-electron chi connectivity index (χ1n) is 5.75. The van der Waals surface area contributed by atoms with Crippen molar-refractivity contribution in [2.45, 2.75) is 13.0 Å². The second-order valence-electron chi connectivity index (χ2n) is 3.92. The lowest BCUT2D eigenvalue weighted by molar-refractivity contribution is 0.251. The van der Waals surface area contributed by atoms with Crippen molar-refractivity contribution in [2.24, 2.45) is 5.73 Å². The van der Waals surface area contributed by atoms with Crippen LogP contribution in [-0.4, -0.2) is 31.8 Å². The predicted molar refractivity (Wildman–Crippen MR) is 66.3 cm³/mol. The number of anilines is 1. The number of rotatable bonds is 4. The van der Waals surface area contributed by atoms with Gasteiger partial charge in [-0.2, -0.15) is 0 Å². The number of nitrogens with two attached hydrogens (primary N) is 1. The van der Waals surface area contributed by atoms with Crippen molar-refractivity contribution in [2.75, 3.05) is 24.6 Å². The van der Waals surface area contributed by atoms with Crippen LogP contribution < -0.4 is 20.7 Å². The van der Waals surface area contributed by atoms with Crippen molar-refractivity contribution in [3.05, 3.63) is 24.3 Å². The minimum absolute atomic E-state index is 0.0362. The molecule has 1 fully saturated rings. The predicted octanol–water partition coefficient (Wildman–Crippen LogP) is 0.942. The van der Waals surface area contributed by atoms with E-state index in [4.69, 9.17) is 10.5 Å². The van der Waals surface area contributed by atoms with Crippen LogP contribution in [0.25, 0.3) is 0 Å². The number of carbonyl (C=O) groups is 1. The molecule has 1 saturated heterocycles. The molecular formula is C12H17N3O2. The molecule has 2 rings (SSSR count). The fourth-order valence-electron chi connectivity index (χ4n) is 1.85. The summed E-state index contributed by atoms with van der Waals surface area (Å²) in [5, 5.41) is 2.82. The van der Waals surface area contributed by atoms with Gasteiger partial charge in [0, 0.05) is 18.8 Å². The van der Waals surface area contributed by atoms with E-state index in [0.717, 1.165) is 11.4 Å². The largest absolute Gasteiger partial charge is 0.494 e. The Kier molecular flexibility index (Phi) is 3.49. The molecule has 0 aromatic heterocycles. The van der Waals surface area contributed by atoms with Gasteiger partial charge in [-0.25, -0.2) is 4.79 Å². The number of nitrogens with one attached hydrogen (secondary N) is 1. The molecule has 5 heteroatoms. The van der Waals surface area contributed by atoms with E-state index in [-0.39, 0.29) is 12.1 Å². The first-order valence-corrected chi connectivity index (χ1v) is 5.75. The van der Waals surface area contributed by atoms with E-state index in [0.29, 0.717) is 19.7 Å². The molecule has 3 N–H and O–H groups in total. The zero-order valence-corrected chi connectivity index (χ0v) is 9.85. The molecule has 1 aromatic rings. The van der Waals surface area contributed by atoms with E-state index >= 15 is 0 Å². The van der Waals surface area contributed by atoms with Crippen LogP contribution in [0.3, 0.4) is 0 Å². The van der Waals surface area contributed by atoms with Gasteiger partial charge in [0.15, 0.2) is 0 Å². The fraction of sp³-hybridized carbons (Fsp3) is 0.417. The van der Waals surface area contributed by atoms with Crippen LogP contribution in [0.1, 0.15) is 6.92 Å². The summed E-state index contributed by atoms with van der Waals surface area (Å²) in [6.07, 6.45) is 0. The second-order valence-corrected chi connectivity index (χ2v) is 3.92. The number of hydrogen-bond acceptors (Lipinski definition) is 3. The van der Waals surface area contributed by atoms with Gasteiger partial charge in [-0.05, 0) is 31.2 Å². The lowest BCUT2D eigenvalue weighted by Crippen LogP contribution is -2.33. The number of benzene rings is 1. The SMILES string of the molecule is CCOc1ccc(N2CC(CN)NC2=O)cc1. The van der Waals surface area contributed by atoms with Crippen molar-refractivity contribution >= 4 is 11.7 Å². The van der Waals surface area contributed by atoms with Gasteiger partial charge in [0.25, 0.3) is 0 Å². The van der Waals surface area contributed by atoms with E-state index in [1.54, 1.807) is 4.90 Å². The smallest absolute Gasteiger partial charge is 0.322 e. The van der Waals surface area contributed by atoms with Crippen molar-refractivity contribution in [3.63, 3.8) is 0 Å². The van der Waals surface area contributed by atoms with Gasteiger partial charge in [0.05, 0.1) is 12.6 Å². The molecule has 2 amide bonds. The molecule has 5 nitrogen and oxygen atoms in total. The molecule has 1 aliphatic heterocycles. The summed E-state index contributed by atoms with van der Waals surface area (Å²) in [6, 6.07) is 7.43. The van der Waals surface area contributed by atoms with Gasteiger partial charge in [0.2, 0.25) is 0 Å². The third kappa shape index (κ3) is 2.50. The fourth-order valence-corrected chi connectivity index (χ4v) is 1.85. The maximum atomic E-state index is 11.7. The summed E-state index contributed by atoms with van der Waals surface area (Å²) in [7, 11) is 0. The maximum absolute atomic E-state index is 11.7. The lowest BCUT2D eigenvalue weighted by atomic mass is 10.2. The minimum atomic E-state index is -0.0930. The third-order valence-electron chi connectivity index (χ3n) is 2.72. The van der Waals surface area contributed by atoms with Gasteiger partial charge < -0.3 is 15.8 Å². The third-order valence-corrected chi connectivity index (χ3v) is 2.72. The Morgan fingerprint density at radius 2 is 2.18 bits per heavy atom.